The molecule has 31 heavy (non-hydrogen) atoms. The molecule has 3 aromatic rings. The van der Waals surface area contributed by atoms with Crippen molar-refractivity contribution in [2.24, 2.45) is 0 Å². The van der Waals surface area contributed by atoms with Crippen molar-refractivity contribution in [3.63, 3.8) is 0 Å². The van der Waals surface area contributed by atoms with Crippen molar-refractivity contribution >= 4 is 21.6 Å². The summed E-state index contributed by atoms with van der Waals surface area (Å²) in [4.78, 5) is 12.1. The van der Waals surface area contributed by atoms with E-state index < -0.39 is 32.5 Å². The van der Waals surface area contributed by atoms with Crippen LogP contribution in [0.25, 0.3) is 5.69 Å². The van der Waals surface area contributed by atoms with E-state index in [0.717, 1.165) is 18.2 Å². The van der Waals surface area contributed by atoms with Crippen molar-refractivity contribution in [1.29, 1.82) is 0 Å². The second kappa shape index (κ2) is 8.12. The predicted octanol–water partition coefficient (Wildman–Crippen LogP) is 2.29. The zero-order valence-corrected chi connectivity index (χ0v) is 17.2. The van der Waals surface area contributed by atoms with Crippen molar-refractivity contribution in [3.05, 3.63) is 59.4 Å². The minimum absolute atomic E-state index is 0.0247. The quantitative estimate of drug-likeness (QED) is 0.641. The number of tetrazole rings is 1. The van der Waals surface area contributed by atoms with Crippen molar-refractivity contribution in [1.82, 2.24) is 24.5 Å². The van der Waals surface area contributed by atoms with Crippen molar-refractivity contribution in [3.8, 4) is 5.69 Å². The SMILES string of the molecule is Cc1nnnn1-c1cc(NC(=O)c2ccc(F)c(S(=O)(=O)N3CCCC3)c2)ccc1F. The summed E-state index contributed by atoms with van der Waals surface area (Å²) in [7, 11) is -4.04. The number of rotatable bonds is 5. The Kier molecular flexibility index (Phi) is 5.50. The number of nitrogens with one attached hydrogen (secondary N) is 1. The standard InChI is InChI=1S/C19H18F2N6O3S/c1-12-23-24-25-27(12)17-11-14(5-7-15(17)20)22-19(28)13-4-6-16(21)18(10-13)31(29,30)26-8-2-3-9-26/h4-7,10-11H,2-3,8-9H2,1H3,(H,22,28). The highest BCUT2D eigenvalue weighted by Crippen LogP contribution is 2.25. The van der Waals surface area contributed by atoms with Crippen LogP contribution >= 0.6 is 0 Å². The molecule has 0 atom stereocenters. The molecule has 0 saturated carbocycles. The Labute approximate surface area is 176 Å². The number of sulfonamides is 1. The first-order chi connectivity index (χ1) is 14.8. The summed E-state index contributed by atoms with van der Waals surface area (Å²) in [5, 5.41) is 13.4. The molecule has 2 aromatic carbocycles. The van der Waals surface area contributed by atoms with Gasteiger partial charge in [0, 0.05) is 24.3 Å². The molecule has 9 nitrogen and oxygen atoms in total. The first-order valence-electron chi connectivity index (χ1n) is 9.43. The maximum atomic E-state index is 14.3. The fourth-order valence-corrected chi connectivity index (χ4v) is 4.93. The van der Waals surface area contributed by atoms with Crippen LogP contribution in [0, 0.1) is 18.6 Å². The minimum Gasteiger partial charge on any atom is -0.322 e. The topological polar surface area (TPSA) is 110 Å². The van der Waals surface area contributed by atoms with Crippen molar-refractivity contribution < 1.29 is 22.0 Å². The Morgan fingerprint density at radius 2 is 1.77 bits per heavy atom. The van der Waals surface area contributed by atoms with E-state index in [2.05, 4.69) is 20.8 Å². The van der Waals surface area contributed by atoms with Crippen LogP contribution in [0.15, 0.2) is 41.3 Å². The molecule has 0 aliphatic carbocycles. The minimum atomic E-state index is -4.04. The molecular weight excluding hydrogens is 430 g/mol. The summed E-state index contributed by atoms with van der Waals surface area (Å²) >= 11 is 0. The summed E-state index contributed by atoms with van der Waals surface area (Å²) in [5.41, 5.74) is 0.199. The lowest BCUT2D eigenvalue weighted by atomic mass is 10.2. The summed E-state index contributed by atoms with van der Waals surface area (Å²) in [6.07, 6.45) is 1.41. The van der Waals surface area contributed by atoms with E-state index >= 15 is 0 Å². The molecule has 0 radical (unpaired) electrons. The van der Waals surface area contributed by atoms with E-state index in [9.17, 15) is 22.0 Å². The van der Waals surface area contributed by atoms with Crippen LogP contribution in [0.4, 0.5) is 14.5 Å². The Bertz CT molecular complexity index is 1260. The van der Waals surface area contributed by atoms with Crippen LogP contribution in [0.3, 0.4) is 0 Å². The van der Waals surface area contributed by atoms with Crippen LogP contribution in [-0.4, -0.2) is 51.9 Å². The predicted molar refractivity (Wildman–Crippen MR) is 106 cm³/mol. The molecule has 0 unspecified atom stereocenters. The van der Waals surface area contributed by atoms with Gasteiger partial charge in [-0.25, -0.2) is 17.2 Å². The summed E-state index contributed by atoms with van der Waals surface area (Å²) in [5.74, 6) is -1.86. The normalized spacial score (nSPS) is 14.7. The maximum Gasteiger partial charge on any atom is 0.255 e. The summed E-state index contributed by atoms with van der Waals surface area (Å²) in [6, 6.07) is 6.94. The Balaban J connectivity index is 1.62. The van der Waals surface area contributed by atoms with Gasteiger partial charge in [0.1, 0.15) is 22.2 Å². The number of carbonyl (C=O) groups is 1. The molecule has 1 fully saturated rings. The number of halogens is 2. The number of hydrogen-bond acceptors (Lipinski definition) is 6. The number of hydrogen-bond donors (Lipinski definition) is 1. The maximum absolute atomic E-state index is 14.3. The van der Waals surface area contributed by atoms with Gasteiger partial charge in [-0.3, -0.25) is 4.79 Å². The van der Waals surface area contributed by atoms with Crippen LogP contribution in [0.5, 0.6) is 0 Å². The number of nitrogens with zero attached hydrogens (tertiary/aromatic N) is 5. The van der Waals surface area contributed by atoms with Crippen LogP contribution in [0.1, 0.15) is 29.0 Å². The molecule has 1 amide bonds. The second-order valence-corrected chi connectivity index (χ2v) is 8.92. The zero-order chi connectivity index (χ0) is 22.2. The molecule has 12 heteroatoms. The van der Waals surface area contributed by atoms with E-state index in [0.29, 0.717) is 31.8 Å². The second-order valence-electron chi connectivity index (χ2n) is 7.01. The van der Waals surface area contributed by atoms with E-state index in [1.165, 1.54) is 27.2 Å². The molecule has 0 bridgehead atoms. The molecule has 1 aliphatic rings. The summed E-state index contributed by atoms with van der Waals surface area (Å²) in [6.45, 7) is 2.21. The first-order valence-corrected chi connectivity index (χ1v) is 10.9. The van der Waals surface area contributed by atoms with Gasteiger partial charge in [-0.1, -0.05) is 0 Å². The van der Waals surface area contributed by atoms with Gasteiger partial charge in [0.15, 0.2) is 5.82 Å². The molecule has 0 spiro atoms. The number of carbonyl (C=O) groups excluding carboxylic acids is 1. The third kappa shape index (κ3) is 4.03. The lowest BCUT2D eigenvalue weighted by Crippen LogP contribution is -2.29. The lowest BCUT2D eigenvalue weighted by molar-refractivity contribution is 0.102. The van der Waals surface area contributed by atoms with Gasteiger partial charge in [-0.2, -0.15) is 8.99 Å². The fraction of sp³-hybridized carbons (Fsp3) is 0.263. The van der Waals surface area contributed by atoms with E-state index in [1.807, 2.05) is 0 Å². The first kappa shape index (κ1) is 21.0. The van der Waals surface area contributed by atoms with Crippen molar-refractivity contribution in [2.75, 3.05) is 18.4 Å². The van der Waals surface area contributed by atoms with Crippen LogP contribution in [-0.2, 0) is 10.0 Å². The Morgan fingerprint density at radius 1 is 1.06 bits per heavy atom. The Morgan fingerprint density at radius 3 is 2.45 bits per heavy atom. The van der Waals surface area contributed by atoms with Gasteiger partial charge >= 0.3 is 0 Å². The molecule has 2 heterocycles. The summed E-state index contributed by atoms with van der Waals surface area (Å²) < 4.78 is 56.3. The van der Waals surface area contributed by atoms with E-state index in [1.54, 1.807) is 6.92 Å². The van der Waals surface area contributed by atoms with Crippen LogP contribution in [0.2, 0.25) is 0 Å². The molecular formula is C19H18F2N6O3S. The average Bonchev–Trinajstić information content (AvgIpc) is 3.42. The van der Waals surface area contributed by atoms with Gasteiger partial charge in [0.05, 0.1) is 0 Å². The number of amides is 1. The highest BCUT2D eigenvalue weighted by atomic mass is 32.2. The van der Waals surface area contributed by atoms with Gasteiger partial charge in [0.25, 0.3) is 5.91 Å². The number of anilines is 1. The van der Waals surface area contributed by atoms with Crippen LogP contribution < -0.4 is 5.32 Å². The smallest absolute Gasteiger partial charge is 0.255 e. The zero-order valence-electron chi connectivity index (χ0n) is 16.4. The average molecular weight is 448 g/mol. The van der Waals surface area contributed by atoms with Gasteiger partial charge in [-0.05, 0) is 66.6 Å². The number of benzene rings is 2. The molecule has 4 rings (SSSR count). The van der Waals surface area contributed by atoms with Gasteiger partial charge < -0.3 is 5.32 Å². The number of aryl methyl sites for hydroxylation is 1. The fourth-order valence-electron chi connectivity index (χ4n) is 3.32. The molecule has 1 aliphatic heterocycles. The largest absolute Gasteiger partial charge is 0.322 e. The molecule has 1 N–H and O–H groups in total. The van der Waals surface area contributed by atoms with E-state index in [4.69, 9.17) is 0 Å². The van der Waals surface area contributed by atoms with Crippen molar-refractivity contribution in [2.45, 2.75) is 24.7 Å². The molecule has 1 aromatic heterocycles. The lowest BCUT2D eigenvalue weighted by Gasteiger charge is -2.16. The van der Waals surface area contributed by atoms with Gasteiger partial charge in [-0.15, -0.1) is 5.10 Å². The third-order valence-electron chi connectivity index (χ3n) is 4.93. The highest BCUT2D eigenvalue weighted by molar-refractivity contribution is 7.89. The number of aromatic nitrogens is 4. The Hall–Kier alpha value is -3.25. The van der Waals surface area contributed by atoms with Gasteiger partial charge in [0.2, 0.25) is 10.0 Å². The third-order valence-corrected chi connectivity index (χ3v) is 6.85. The van der Waals surface area contributed by atoms with E-state index in [-0.39, 0.29) is 16.9 Å². The highest BCUT2D eigenvalue weighted by Gasteiger charge is 2.30. The monoisotopic (exact) mass is 448 g/mol. The molecule has 1 saturated heterocycles. The molecule has 162 valence electrons.